The van der Waals surface area contributed by atoms with E-state index in [0.29, 0.717) is 5.95 Å². The van der Waals surface area contributed by atoms with Crippen molar-refractivity contribution in [2.24, 2.45) is 0 Å². The molecule has 5 heteroatoms. The molecule has 5 nitrogen and oxygen atoms in total. The van der Waals surface area contributed by atoms with Crippen LogP contribution < -0.4 is 10.6 Å². The third-order valence-corrected chi connectivity index (χ3v) is 3.87. The van der Waals surface area contributed by atoms with Gasteiger partial charge in [0, 0.05) is 18.4 Å². The van der Waals surface area contributed by atoms with Crippen LogP contribution in [-0.4, -0.2) is 21.1 Å². The lowest BCUT2D eigenvalue weighted by Crippen LogP contribution is -2.24. The summed E-state index contributed by atoms with van der Waals surface area (Å²) in [4.78, 5) is 4.52. The van der Waals surface area contributed by atoms with Gasteiger partial charge in [0.05, 0.1) is 0 Å². The summed E-state index contributed by atoms with van der Waals surface area (Å²) in [5, 5.41) is 11.3. The molecule has 3 aromatic rings. The Balaban J connectivity index is 1.71. The highest BCUT2D eigenvalue weighted by Crippen LogP contribution is 2.25. The quantitative estimate of drug-likeness (QED) is 0.756. The van der Waals surface area contributed by atoms with Gasteiger partial charge >= 0.3 is 0 Å². The lowest BCUT2D eigenvalue weighted by atomic mass is 9.99. The molecule has 0 aliphatic carbocycles. The highest BCUT2D eigenvalue weighted by Gasteiger charge is 2.13. The Morgan fingerprint density at radius 3 is 3.14 bits per heavy atom. The minimum Gasteiger partial charge on any atom is -0.323 e. The van der Waals surface area contributed by atoms with E-state index in [4.69, 9.17) is 0 Å². The zero-order chi connectivity index (χ0) is 14.2. The van der Waals surface area contributed by atoms with Crippen LogP contribution in [0, 0.1) is 6.92 Å². The van der Waals surface area contributed by atoms with Crippen LogP contribution in [-0.2, 0) is 13.0 Å². The number of aromatic nitrogens is 3. The van der Waals surface area contributed by atoms with Crippen LogP contribution in [0.1, 0.15) is 16.7 Å². The fourth-order valence-corrected chi connectivity index (χ4v) is 2.81. The molecule has 0 bridgehead atoms. The summed E-state index contributed by atoms with van der Waals surface area (Å²) in [6.45, 7) is 4.00. The first-order valence-corrected chi connectivity index (χ1v) is 7.21. The van der Waals surface area contributed by atoms with Crippen molar-refractivity contribution in [3.63, 3.8) is 0 Å². The van der Waals surface area contributed by atoms with Gasteiger partial charge in [-0.05, 0) is 48.7 Å². The number of rotatable bonds is 2. The number of pyridine rings is 1. The van der Waals surface area contributed by atoms with Gasteiger partial charge < -0.3 is 10.6 Å². The minimum atomic E-state index is 0.646. The van der Waals surface area contributed by atoms with Crippen LogP contribution in [0.4, 0.5) is 11.6 Å². The van der Waals surface area contributed by atoms with E-state index in [-0.39, 0.29) is 0 Å². The van der Waals surface area contributed by atoms with Crippen LogP contribution >= 0.6 is 0 Å². The third kappa shape index (κ3) is 2.25. The molecule has 4 rings (SSSR count). The van der Waals surface area contributed by atoms with Crippen molar-refractivity contribution in [2.45, 2.75) is 19.9 Å². The molecular weight excluding hydrogens is 262 g/mol. The summed E-state index contributed by atoms with van der Waals surface area (Å²) >= 11 is 0. The van der Waals surface area contributed by atoms with Gasteiger partial charge in [0.25, 0.3) is 0 Å². The van der Waals surface area contributed by atoms with Gasteiger partial charge in [-0.25, -0.2) is 4.52 Å². The molecule has 1 aliphatic rings. The Morgan fingerprint density at radius 1 is 1.24 bits per heavy atom. The predicted molar refractivity (Wildman–Crippen MR) is 82.9 cm³/mol. The summed E-state index contributed by atoms with van der Waals surface area (Å²) in [6.07, 6.45) is 3.02. The Kier molecular flexibility index (Phi) is 2.86. The Morgan fingerprint density at radius 2 is 2.19 bits per heavy atom. The highest BCUT2D eigenvalue weighted by atomic mass is 15.3. The Hall–Kier alpha value is -2.40. The first kappa shape index (κ1) is 12.3. The number of anilines is 2. The van der Waals surface area contributed by atoms with Gasteiger partial charge in [-0.15, -0.1) is 5.10 Å². The average Bonchev–Trinajstić information content (AvgIpc) is 2.89. The molecule has 0 fully saturated rings. The monoisotopic (exact) mass is 279 g/mol. The fourth-order valence-electron chi connectivity index (χ4n) is 2.81. The molecule has 1 aromatic carbocycles. The zero-order valence-electron chi connectivity index (χ0n) is 11.9. The summed E-state index contributed by atoms with van der Waals surface area (Å²) < 4.78 is 1.81. The van der Waals surface area contributed by atoms with Gasteiger partial charge in [-0.3, -0.25) is 0 Å². The normalized spacial score (nSPS) is 14.1. The number of hydrogen-bond donors (Lipinski definition) is 2. The molecule has 3 heterocycles. The van der Waals surface area contributed by atoms with E-state index in [1.807, 2.05) is 22.8 Å². The molecule has 0 saturated heterocycles. The first-order valence-electron chi connectivity index (χ1n) is 7.21. The van der Waals surface area contributed by atoms with E-state index in [9.17, 15) is 0 Å². The zero-order valence-corrected chi connectivity index (χ0v) is 11.9. The topological polar surface area (TPSA) is 54.2 Å². The Bertz CT molecular complexity index is 806. The SMILES string of the molecule is Cc1ccc2nc(Nc3cccc4c3CCNC4)nn2c1. The third-order valence-electron chi connectivity index (χ3n) is 3.87. The van der Waals surface area contributed by atoms with E-state index >= 15 is 0 Å². The summed E-state index contributed by atoms with van der Waals surface area (Å²) in [6, 6.07) is 10.4. The van der Waals surface area contributed by atoms with E-state index in [2.05, 4.69) is 45.8 Å². The predicted octanol–water partition coefficient (Wildman–Crippen LogP) is 2.43. The van der Waals surface area contributed by atoms with Crippen LogP contribution in [0.5, 0.6) is 0 Å². The van der Waals surface area contributed by atoms with Gasteiger partial charge in [0.2, 0.25) is 5.95 Å². The molecule has 0 saturated carbocycles. The standard InChI is InChI=1S/C16H17N5/c1-11-5-6-15-19-16(20-21(15)10-11)18-14-4-2-3-12-9-17-8-7-13(12)14/h2-6,10,17H,7-9H2,1H3,(H,18,20). The number of aryl methyl sites for hydroxylation is 1. The maximum Gasteiger partial charge on any atom is 0.247 e. The molecule has 0 radical (unpaired) electrons. The van der Waals surface area contributed by atoms with Gasteiger partial charge in [0.1, 0.15) is 0 Å². The van der Waals surface area contributed by atoms with Gasteiger partial charge in [-0.2, -0.15) is 4.98 Å². The molecule has 0 spiro atoms. The molecule has 0 unspecified atom stereocenters. The molecular formula is C16H17N5. The maximum absolute atomic E-state index is 4.52. The average molecular weight is 279 g/mol. The van der Waals surface area contributed by atoms with Crippen molar-refractivity contribution in [2.75, 3.05) is 11.9 Å². The fraction of sp³-hybridized carbons (Fsp3) is 0.250. The molecule has 21 heavy (non-hydrogen) atoms. The second-order valence-electron chi connectivity index (χ2n) is 5.44. The van der Waals surface area contributed by atoms with Crippen LogP contribution in [0.3, 0.4) is 0 Å². The van der Waals surface area contributed by atoms with Crippen molar-refractivity contribution in [1.82, 2.24) is 19.9 Å². The van der Waals surface area contributed by atoms with E-state index in [1.165, 1.54) is 16.7 Å². The van der Waals surface area contributed by atoms with E-state index in [0.717, 1.165) is 30.8 Å². The second kappa shape index (κ2) is 4.86. The molecule has 2 N–H and O–H groups in total. The van der Waals surface area contributed by atoms with E-state index in [1.54, 1.807) is 0 Å². The summed E-state index contributed by atoms with van der Waals surface area (Å²) in [7, 11) is 0. The number of benzene rings is 1. The van der Waals surface area contributed by atoms with Gasteiger partial charge in [0.15, 0.2) is 5.65 Å². The lowest BCUT2D eigenvalue weighted by molar-refractivity contribution is 0.645. The molecule has 1 aliphatic heterocycles. The second-order valence-corrected chi connectivity index (χ2v) is 5.44. The van der Waals surface area contributed by atoms with Crippen molar-refractivity contribution >= 4 is 17.3 Å². The van der Waals surface area contributed by atoms with Crippen molar-refractivity contribution in [1.29, 1.82) is 0 Å². The number of hydrogen-bond acceptors (Lipinski definition) is 4. The number of nitrogens with one attached hydrogen (secondary N) is 2. The highest BCUT2D eigenvalue weighted by molar-refractivity contribution is 5.62. The summed E-state index contributed by atoms with van der Waals surface area (Å²) in [5.41, 5.74) is 5.86. The number of fused-ring (bicyclic) bond motifs is 2. The largest absolute Gasteiger partial charge is 0.323 e. The molecule has 0 amide bonds. The van der Waals surface area contributed by atoms with Crippen molar-refractivity contribution in [3.05, 3.63) is 53.2 Å². The molecule has 2 aromatic heterocycles. The van der Waals surface area contributed by atoms with Crippen LogP contribution in [0.15, 0.2) is 36.5 Å². The summed E-state index contributed by atoms with van der Waals surface area (Å²) in [5.74, 6) is 0.646. The number of nitrogens with zero attached hydrogens (tertiary/aromatic N) is 3. The maximum atomic E-state index is 4.52. The Labute approximate surface area is 123 Å². The van der Waals surface area contributed by atoms with Crippen LogP contribution in [0.2, 0.25) is 0 Å². The molecule has 0 atom stereocenters. The minimum absolute atomic E-state index is 0.646. The van der Waals surface area contributed by atoms with E-state index < -0.39 is 0 Å². The lowest BCUT2D eigenvalue weighted by Gasteiger charge is -2.20. The van der Waals surface area contributed by atoms with Gasteiger partial charge in [-0.1, -0.05) is 18.2 Å². The first-order chi connectivity index (χ1) is 10.3. The smallest absolute Gasteiger partial charge is 0.247 e. The van der Waals surface area contributed by atoms with Crippen molar-refractivity contribution in [3.8, 4) is 0 Å². The molecule has 106 valence electrons. The van der Waals surface area contributed by atoms with Crippen LogP contribution in [0.25, 0.3) is 5.65 Å². The van der Waals surface area contributed by atoms with Crippen molar-refractivity contribution < 1.29 is 0 Å².